The fourth-order valence-corrected chi connectivity index (χ4v) is 8.61. The lowest BCUT2D eigenvalue weighted by Gasteiger charge is -2.29. The van der Waals surface area contributed by atoms with E-state index < -0.39 is 28.8 Å². The summed E-state index contributed by atoms with van der Waals surface area (Å²) in [7, 11) is 1.54. The van der Waals surface area contributed by atoms with Crippen LogP contribution in [0.5, 0.6) is 5.75 Å². The number of ether oxygens (including phenoxy) is 1. The highest BCUT2D eigenvalue weighted by Gasteiger charge is 2.57. The Balaban J connectivity index is 1.36. The van der Waals surface area contributed by atoms with Crippen molar-refractivity contribution in [3.8, 4) is 5.75 Å². The number of carbonyl (C=O) groups excluding carboxylic acids is 3. The van der Waals surface area contributed by atoms with Gasteiger partial charge in [-0.05, 0) is 60.0 Å². The van der Waals surface area contributed by atoms with E-state index >= 15 is 0 Å². The highest BCUT2D eigenvalue weighted by Crippen LogP contribution is 2.54. The number of amides is 3. The largest absolute Gasteiger partial charge is 0.497 e. The summed E-state index contributed by atoms with van der Waals surface area (Å²) in [6.45, 7) is -0.284. The second-order valence-electron chi connectivity index (χ2n) is 8.95. The molecule has 12 heteroatoms. The van der Waals surface area contributed by atoms with Crippen molar-refractivity contribution < 1.29 is 23.5 Å². The molecule has 2 aromatic heterocycles. The third-order valence-corrected chi connectivity index (χ3v) is 10.2. The zero-order valence-corrected chi connectivity index (χ0v) is 22.8. The highest BCUT2D eigenvalue weighted by molar-refractivity contribution is 8.00. The van der Waals surface area contributed by atoms with Crippen LogP contribution in [0, 0.1) is 11.7 Å². The van der Waals surface area contributed by atoms with Gasteiger partial charge in [-0.2, -0.15) is 0 Å². The first-order valence-corrected chi connectivity index (χ1v) is 14.4. The number of carbonyl (C=O) groups is 3. The number of anilines is 2. The third-order valence-electron chi connectivity index (χ3n) is 6.66. The maximum Gasteiger partial charge on any atom is 0.308 e. The summed E-state index contributed by atoms with van der Waals surface area (Å²) >= 11 is 3.61. The van der Waals surface area contributed by atoms with Gasteiger partial charge >= 0.3 is 4.87 Å². The molecule has 0 saturated carbocycles. The second kappa shape index (κ2) is 10.1. The number of aromatic nitrogens is 1. The van der Waals surface area contributed by atoms with E-state index in [1.807, 2.05) is 17.5 Å². The van der Waals surface area contributed by atoms with E-state index in [2.05, 4.69) is 5.32 Å². The summed E-state index contributed by atoms with van der Waals surface area (Å²) in [5, 5.41) is 4.31. The number of imide groups is 1. The summed E-state index contributed by atoms with van der Waals surface area (Å²) in [5.41, 5.74) is 0.847. The Labute approximate surface area is 234 Å². The summed E-state index contributed by atoms with van der Waals surface area (Å²) in [6, 6.07) is 15.8. The number of thiazole rings is 1. The van der Waals surface area contributed by atoms with Gasteiger partial charge in [0.25, 0.3) is 0 Å². The molecule has 1 fully saturated rings. The maximum atomic E-state index is 13.8. The highest BCUT2D eigenvalue weighted by atomic mass is 32.2. The molecule has 3 atom stereocenters. The SMILES string of the molecule is COc1ccc(N2C(=O)[C@H]3[C@H](c4cccs4)c4sc(=O)n(CC(=O)Nc5ccc(F)cc5)c4S[C@H]3C2=O)cc1. The Kier molecular flexibility index (Phi) is 6.61. The van der Waals surface area contributed by atoms with E-state index in [0.29, 0.717) is 27.0 Å². The average molecular weight is 582 g/mol. The first kappa shape index (κ1) is 25.5. The molecule has 0 bridgehead atoms. The monoisotopic (exact) mass is 581 g/mol. The Morgan fingerprint density at radius 3 is 2.44 bits per heavy atom. The van der Waals surface area contributed by atoms with Crippen LogP contribution in [0.3, 0.4) is 0 Å². The smallest absolute Gasteiger partial charge is 0.308 e. The van der Waals surface area contributed by atoms with Gasteiger partial charge in [0.15, 0.2) is 0 Å². The Morgan fingerprint density at radius 1 is 1.03 bits per heavy atom. The van der Waals surface area contributed by atoms with Crippen LogP contribution in [0.4, 0.5) is 15.8 Å². The van der Waals surface area contributed by atoms with Crippen LogP contribution >= 0.6 is 34.4 Å². The molecule has 4 aromatic rings. The fraction of sp³-hybridized carbons (Fsp3) is 0.185. The molecule has 2 aromatic carbocycles. The van der Waals surface area contributed by atoms with Crippen molar-refractivity contribution in [2.45, 2.75) is 22.7 Å². The first-order valence-electron chi connectivity index (χ1n) is 11.9. The molecule has 0 unspecified atom stereocenters. The van der Waals surface area contributed by atoms with E-state index in [0.717, 1.165) is 28.0 Å². The van der Waals surface area contributed by atoms with Gasteiger partial charge in [-0.3, -0.25) is 23.7 Å². The van der Waals surface area contributed by atoms with Crippen molar-refractivity contribution in [2.24, 2.45) is 5.92 Å². The minimum absolute atomic E-state index is 0.284. The number of rotatable bonds is 6. The van der Waals surface area contributed by atoms with Crippen LogP contribution in [0.25, 0.3) is 0 Å². The predicted molar refractivity (Wildman–Crippen MR) is 148 cm³/mol. The van der Waals surface area contributed by atoms with Crippen LogP contribution in [0.2, 0.25) is 0 Å². The lowest BCUT2D eigenvalue weighted by atomic mass is 9.87. The third kappa shape index (κ3) is 4.48. The minimum Gasteiger partial charge on any atom is -0.497 e. The summed E-state index contributed by atoms with van der Waals surface area (Å²) in [5.74, 6) is -2.18. The fourth-order valence-electron chi connectivity index (χ4n) is 4.89. The number of methoxy groups -OCH3 is 1. The Hall–Kier alpha value is -3.74. The van der Waals surface area contributed by atoms with E-state index in [-0.39, 0.29) is 23.2 Å². The predicted octanol–water partition coefficient (Wildman–Crippen LogP) is 4.55. The van der Waals surface area contributed by atoms with Gasteiger partial charge in [0.05, 0.1) is 23.7 Å². The molecule has 1 saturated heterocycles. The molecule has 6 rings (SSSR count). The summed E-state index contributed by atoms with van der Waals surface area (Å²) < 4.78 is 19.8. The quantitative estimate of drug-likeness (QED) is 0.336. The number of fused-ring (bicyclic) bond motifs is 2. The van der Waals surface area contributed by atoms with Gasteiger partial charge < -0.3 is 10.1 Å². The number of hydrogen-bond donors (Lipinski definition) is 1. The lowest BCUT2D eigenvalue weighted by molar-refractivity contribution is -0.122. The first-order chi connectivity index (χ1) is 18.9. The maximum absolute atomic E-state index is 13.8. The number of thiophene rings is 1. The van der Waals surface area contributed by atoms with E-state index in [1.54, 1.807) is 24.3 Å². The molecule has 198 valence electrons. The zero-order valence-electron chi connectivity index (χ0n) is 20.3. The zero-order chi connectivity index (χ0) is 27.3. The average Bonchev–Trinajstić information content (AvgIpc) is 3.63. The molecule has 2 aliphatic rings. The molecule has 0 spiro atoms. The summed E-state index contributed by atoms with van der Waals surface area (Å²) in [6.07, 6.45) is 0. The lowest BCUT2D eigenvalue weighted by Crippen LogP contribution is -2.32. The molecule has 2 aliphatic heterocycles. The van der Waals surface area contributed by atoms with Gasteiger partial charge in [0.1, 0.15) is 23.4 Å². The Morgan fingerprint density at radius 2 is 1.77 bits per heavy atom. The minimum atomic E-state index is -0.764. The molecular weight excluding hydrogens is 562 g/mol. The number of thioether (sulfide) groups is 1. The molecule has 0 radical (unpaired) electrons. The molecule has 1 N–H and O–H groups in total. The van der Waals surface area contributed by atoms with Crippen molar-refractivity contribution in [1.29, 1.82) is 0 Å². The second-order valence-corrected chi connectivity index (χ2v) is 12.0. The van der Waals surface area contributed by atoms with E-state index in [9.17, 15) is 23.6 Å². The van der Waals surface area contributed by atoms with Gasteiger partial charge in [-0.15, -0.1) is 11.3 Å². The van der Waals surface area contributed by atoms with Crippen LogP contribution < -0.4 is 19.8 Å². The topological polar surface area (TPSA) is 97.7 Å². The number of halogens is 1. The van der Waals surface area contributed by atoms with Crippen LogP contribution in [-0.2, 0) is 20.9 Å². The van der Waals surface area contributed by atoms with Crippen LogP contribution in [0.1, 0.15) is 15.7 Å². The molecule has 3 amide bonds. The van der Waals surface area contributed by atoms with Crippen molar-refractivity contribution >= 4 is 63.5 Å². The Bertz CT molecular complexity index is 1630. The number of hydrogen-bond acceptors (Lipinski definition) is 8. The van der Waals surface area contributed by atoms with E-state index in [4.69, 9.17) is 4.74 Å². The van der Waals surface area contributed by atoms with Crippen molar-refractivity contribution in [2.75, 3.05) is 17.3 Å². The number of nitrogens with one attached hydrogen (secondary N) is 1. The molecule has 39 heavy (non-hydrogen) atoms. The van der Waals surface area contributed by atoms with Gasteiger partial charge in [0, 0.05) is 21.4 Å². The standard InChI is InChI=1S/C27H20FN3O5S3/c1-36-17-10-8-16(9-11-17)31-24(33)21-20(18-3-2-12-37-18)23-26(38-22(21)25(31)34)30(27(35)39-23)13-19(32)29-15-6-4-14(28)5-7-15/h2-12,20-22H,13H2,1H3,(H,29,32)/t20-,21-,22+/m0/s1. The van der Waals surface area contributed by atoms with Crippen LogP contribution in [0.15, 0.2) is 75.9 Å². The van der Waals surface area contributed by atoms with Gasteiger partial charge in [-0.25, -0.2) is 9.29 Å². The van der Waals surface area contributed by atoms with Crippen molar-refractivity contribution in [3.63, 3.8) is 0 Å². The normalized spacial score (nSPS) is 20.1. The number of benzene rings is 2. The molecular formula is C27H20FN3O5S3. The van der Waals surface area contributed by atoms with Gasteiger partial charge in [0.2, 0.25) is 17.7 Å². The van der Waals surface area contributed by atoms with Gasteiger partial charge in [-0.1, -0.05) is 29.2 Å². The van der Waals surface area contributed by atoms with Crippen molar-refractivity contribution in [1.82, 2.24) is 4.57 Å². The van der Waals surface area contributed by atoms with Crippen molar-refractivity contribution in [3.05, 3.63) is 91.3 Å². The molecule has 8 nitrogen and oxygen atoms in total. The summed E-state index contributed by atoms with van der Waals surface area (Å²) in [4.78, 5) is 55.9. The van der Waals surface area contributed by atoms with Crippen LogP contribution in [-0.4, -0.2) is 34.6 Å². The van der Waals surface area contributed by atoms with E-state index in [1.165, 1.54) is 52.2 Å². The number of nitrogens with zero attached hydrogens (tertiary/aromatic N) is 2. The molecule has 0 aliphatic carbocycles. The molecule has 4 heterocycles.